The fraction of sp³-hybridized carbons (Fsp3) is 0.571. The summed E-state index contributed by atoms with van der Waals surface area (Å²) in [6, 6.07) is 5.08. The van der Waals surface area contributed by atoms with Crippen molar-refractivity contribution in [1.82, 2.24) is 0 Å². The fourth-order valence-electron chi connectivity index (χ4n) is 3.65. The van der Waals surface area contributed by atoms with Gasteiger partial charge < -0.3 is 10.6 Å². The number of fused-ring (bicyclic) bond motifs is 2. The van der Waals surface area contributed by atoms with Gasteiger partial charge >= 0.3 is 5.69 Å². The van der Waals surface area contributed by atoms with E-state index in [1.165, 1.54) is 18.6 Å². The Morgan fingerprint density at radius 3 is 2.50 bits per heavy atom. The molecule has 2 heterocycles. The number of nitro benzene ring substituents is 1. The first-order valence-corrected chi connectivity index (χ1v) is 7.04. The van der Waals surface area contributed by atoms with E-state index in [1.54, 1.807) is 6.07 Å². The van der Waals surface area contributed by atoms with Crippen LogP contribution in [0.25, 0.3) is 0 Å². The molecule has 6 heteroatoms. The average molecular weight is 279 g/mol. The molecule has 0 amide bonds. The smallest absolute Gasteiger partial charge is 0.304 e. The number of nitro groups is 1. The molecule has 0 aromatic heterocycles. The van der Waals surface area contributed by atoms with Crippen molar-refractivity contribution in [2.24, 2.45) is 5.73 Å². The van der Waals surface area contributed by atoms with Crippen LogP contribution in [-0.2, 0) is 0 Å². The van der Waals surface area contributed by atoms with Crippen molar-refractivity contribution in [2.75, 3.05) is 4.90 Å². The van der Waals surface area contributed by atoms with Gasteiger partial charge in [-0.25, -0.2) is 0 Å². The van der Waals surface area contributed by atoms with Gasteiger partial charge in [-0.1, -0.05) is 0 Å². The van der Waals surface area contributed by atoms with Crippen LogP contribution in [0.15, 0.2) is 18.2 Å². The van der Waals surface area contributed by atoms with Crippen molar-refractivity contribution < 1.29 is 9.31 Å². The summed E-state index contributed by atoms with van der Waals surface area (Å²) < 4.78 is 13.8. The molecule has 1 aromatic rings. The van der Waals surface area contributed by atoms with Crippen LogP contribution >= 0.6 is 0 Å². The number of hydrogen-bond donors (Lipinski definition) is 1. The lowest BCUT2D eigenvalue weighted by Crippen LogP contribution is -2.55. The summed E-state index contributed by atoms with van der Waals surface area (Å²) in [5.41, 5.74) is 6.35. The van der Waals surface area contributed by atoms with E-state index < -0.39 is 16.4 Å². The molecule has 1 aromatic carbocycles. The van der Waals surface area contributed by atoms with Gasteiger partial charge in [0.15, 0.2) is 0 Å². The molecule has 2 atom stereocenters. The molecule has 3 rings (SSSR count). The van der Waals surface area contributed by atoms with Gasteiger partial charge in [0.2, 0.25) is 5.82 Å². The highest BCUT2D eigenvalue weighted by molar-refractivity contribution is 5.54. The zero-order chi connectivity index (χ0) is 14.3. The predicted molar refractivity (Wildman–Crippen MR) is 74.2 cm³/mol. The average Bonchev–Trinajstić information content (AvgIpc) is 2.36. The molecule has 5 nitrogen and oxygen atoms in total. The maximum atomic E-state index is 13.8. The van der Waals surface area contributed by atoms with Gasteiger partial charge in [-0.15, -0.1) is 0 Å². The molecule has 2 saturated heterocycles. The lowest BCUT2D eigenvalue weighted by Gasteiger charge is -2.49. The molecule has 0 aliphatic carbocycles. The Morgan fingerprint density at radius 2 is 1.95 bits per heavy atom. The number of nitrogens with zero attached hydrogens (tertiary/aromatic N) is 2. The number of hydrogen-bond acceptors (Lipinski definition) is 4. The molecule has 2 N–H and O–H groups in total. The Bertz CT molecular complexity index is 523. The van der Waals surface area contributed by atoms with Crippen molar-refractivity contribution in [3.8, 4) is 0 Å². The van der Waals surface area contributed by atoms with Gasteiger partial charge in [0, 0.05) is 35.9 Å². The Balaban J connectivity index is 1.92. The normalized spacial score (nSPS) is 29.3. The number of benzene rings is 1. The lowest BCUT2D eigenvalue weighted by molar-refractivity contribution is -0.387. The molecule has 0 radical (unpaired) electrons. The van der Waals surface area contributed by atoms with Gasteiger partial charge in [0.1, 0.15) is 0 Å². The first kappa shape index (κ1) is 13.3. The first-order chi connectivity index (χ1) is 9.56. The molecule has 20 heavy (non-hydrogen) atoms. The van der Waals surface area contributed by atoms with Crippen molar-refractivity contribution in [3.63, 3.8) is 0 Å². The molecular weight excluding hydrogens is 261 g/mol. The summed E-state index contributed by atoms with van der Waals surface area (Å²) >= 11 is 0. The Morgan fingerprint density at radius 1 is 1.30 bits per heavy atom. The maximum Gasteiger partial charge on any atom is 0.304 e. The van der Waals surface area contributed by atoms with Gasteiger partial charge in [0.05, 0.1) is 4.92 Å². The molecule has 2 aliphatic heterocycles. The molecule has 2 aliphatic rings. The molecule has 2 fully saturated rings. The van der Waals surface area contributed by atoms with Crippen molar-refractivity contribution >= 4 is 11.4 Å². The van der Waals surface area contributed by atoms with Crippen LogP contribution in [0.4, 0.5) is 15.8 Å². The summed E-state index contributed by atoms with van der Waals surface area (Å²) in [7, 11) is 0. The third kappa shape index (κ3) is 2.24. The summed E-state index contributed by atoms with van der Waals surface area (Å²) in [4.78, 5) is 12.2. The van der Waals surface area contributed by atoms with Crippen LogP contribution in [0.2, 0.25) is 0 Å². The minimum atomic E-state index is -0.763. The highest BCUT2D eigenvalue weighted by Crippen LogP contribution is 2.38. The van der Waals surface area contributed by atoms with E-state index in [0.717, 1.165) is 31.4 Å². The van der Waals surface area contributed by atoms with Crippen molar-refractivity contribution in [1.29, 1.82) is 0 Å². The number of rotatable bonds is 2. The van der Waals surface area contributed by atoms with Crippen molar-refractivity contribution in [2.45, 2.75) is 50.2 Å². The SMILES string of the molecule is NC1CC2CCCC(C1)N2c1ccc([N+](=O)[O-])c(F)c1. The van der Waals surface area contributed by atoms with Crippen LogP contribution in [0.1, 0.15) is 32.1 Å². The largest absolute Gasteiger partial charge is 0.365 e. The minimum Gasteiger partial charge on any atom is -0.365 e. The van der Waals surface area contributed by atoms with Crippen molar-refractivity contribution in [3.05, 3.63) is 34.1 Å². The van der Waals surface area contributed by atoms with E-state index in [9.17, 15) is 14.5 Å². The highest BCUT2D eigenvalue weighted by atomic mass is 19.1. The van der Waals surface area contributed by atoms with E-state index in [1.807, 2.05) is 0 Å². The van der Waals surface area contributed by atoms with Gasteiger partial charge in [0.25, 0.3) is 0 Å². The first-order valence-electron chi connectivity index (χ1n) is 7.04. The Kier molecular flexibility index (Phi) is 3.33. The quantitative estimate of drug-likeness (QED) is 0.667. The van der Waals surface area contributed by atoms with Crippen LogP contribution in [0.3, 0.4) is 0 Å². The van der Waals surface area contributed by atoms with Gasteiger partial charge in [-0.05, 0) is 38.2 Å². The predicted octanol–water partition coefficient (Wildman–Crippen LogP) is 2.58. The van der Waals surface area contributed by atoms with Crippen LogP contribution in [0.5, 0.6) is 0 Å². The standard InChI is InChI=1S/C14H18FN3O2/c15-13-8-12(4-5-14(13)18(19)20)17-10-2-1-3-11(17)7-9(16)6-10/h4-5,8-11H,1-3,6-7,16H2. The molecule has 0 spiro atoms. The Hall–Kier alpha value is -1.69. The Labute approximate surface area is 116 Å². The van der Waals surface area contributed by atoms with E-state index in [4.69, 9.17) is 5.73 Å². The minimum absolute atomic E-state index is 0.212. The number of halogens is 1. The van der Waals surface area contributed by atoms with Crippen LogP contribution in [-0.4, -0.2) is 23.0 Å². The van der Waals surface area contributed by atoms with E-state index in [0.29, 0.717) is 12.1 Å². The second-order valence-corrected chi connectivity index (χ2v) is 5.77. The third-order valence-electron chi connectivity index (χ3n) is 4.44. The zero-order valence-electron chi connectivity index (χ0n) is 11.2. The van der Waals surface area contributed by atoms with E-state index in [-0.39, 0.29) is 6.04 Å². The van der Waals surface area contributed by atoms with E-state index in [2.05, 4.69) is 4.90 Å². The van der Waals surface area contributed by atoms with Gasteiger partial charge in [-0.3, -0.25) is 10.1 Å². The third-order valence-corrected chi connectivity index (χ3v) is 4.44. The summed E-state index contributed by atoms with van der Waals surface area (Å²) in [5.74, 6) is -0.763. The number of nitrogens with two attached hydrogens (primary N) is 1. The number of piperidine rings is 2. The van der Waals surface area contributed by atoms with E-state index >= 15 is 0 Å². The second kappa shape index (κ2) is 5.01. The molecular formula is C14H18FN3O2. The summed E-state index contributed by atoms with van der Waals surface area (Å²) in [6.45, 7) is 0. The summed E-state index contributed by atoms with van der Waals surface area (Å²) in [5, 5.41) is 10.7. The number of anilines is 1. The van der Waals surface area contributed by atoms with Gasteiger partial charge in [-0.2, -0.15) is 4.39 Å². The van der Waals surface area contributed by atoms with Crippen LogP contribution < -0.4 is 10.6 Å². The zero-order valence-corrected chi connectivity index (χ0v) is 11.2. The monoisotopic (exact) mass is 279 g/mol. The summed E-state index contributed by atoms with van der Waals surface area (Å²) in [6.07, 6.45) is 5.11. The molecule has 108 valence electrons. The topological polar surface area (TPSA) is 72.4 Å². The fourth-order valence-corrected chi connectivity index (χ4v) is 3.65. The molecule has 2 unspecified atom stereocenters. The van der Waals surface area contributed by atoms with Crippen LogP contribution in [0, 0.1) is 15.9 Å². The highest BCUT2D eigenvalue weighted by Gasteiger charge is 2.37. The lowest BCUT2D eigenvalue weighted by atomic mass is 9.81. The molecule has 2 bridgehead atoms. The second-order valence-electron chi connectivity index (χ2n) is 5.77. The molecule has 0 saturated carbocycles. The maximum absolute atomic E-state index is 13.8.